The summed E-state index contributed by atoms with van der Waals surface area (Å²) in [5.74, 6) is 4.59. The van der Waals surface area contributed by atoms with E-state index in [-0.39, 0.29) is 5.41 Å². The maximum atomic E-state index is 4.73. The molecule has 2 bridgehead atoms. The SMILES string of the molecule is CC(Nc1cc(Br)nc(C(C)(C)C)n1)C1CC2CCC1C2. The predicted molar refractivity (Wildman–Crippen MR) is 90.5 cm³/mol. The second kappa shape index (κ2) is 5.53. The molecule has 2 aliphatic carbocycles. The molecule has 21 heavy (non-hydrogen) atoms. The Morgan fingerprint density at radius 2 is 2.00 bits per heavy atom. The second-order valence-electron chi connectivity index (χ2n) is 7.92. The van der Waals surface area contributed by atoms with Crippen LogP contribution in [-0.2, 0) is 5.41 Å². The molecule has 1 aromatic rings. The minimum Gasteiger partial charge on any atom is -0.367 e. The van der Waals surface area contributed by atoms with Gasteiger partial charge in [0.05, 0.1) is 0 Å². The van der Waals surface area contributed by atoms with Gasteiger partial charge in [0.2, 0.25) is 0 Å². The van der Waals surface area contributed by atoms with Crippen LogP contribution < -0.4 is 5.32 Å². The second-order valence-corrected chi connectivity index (χ2v) is 8.73. The molecule has 1 N–H and O–H groups in total. The van der Waals surface area contributed by atoms with Crippen LogP contribution in [0.3, 0.4) is 0 Å². The summed E-state index contributed by atoms with van der Waals surface area (Å²) in [7, 11) is 0. The molecule has 3 nitrogen and oxygen atoms in total. The highest BCUT2D eigenvalue weighted by atomic mass is 79.9. The van der Waals surface area contributed by atoms with Crippen molar-refractivity contribution in [2.75, 3.05) is 5.32 Å². The zero-order chi connectivity index (χ0) is 15.2. The Labute approximate surface area is 136 Å². The van der Waals surface area contributed by atoms with Crippen molar-refractivity contribution < 1.29 is 0 Å². The quantitative estimate of drug-likeness (QED) is 0.796. The number of aromatic nitrogens is 2. The largest absolute Gasteiger partial charge is 0.367 e. The van der Waals surface area contributed by atoms with Crippen LogP contribution in [0.2, 0.25) is 0 Å². The van der Waals surface area contributed by atoms with Crippen LogP contribution in [0.5, 0.6) is 0 Å². The molecule has 1 heterocycles. The van der Waals surface area contributed by atoms with E-state index in [9.17, 15) is 0 Å². The van der Waals surface area contributed by atoms with E-state index >= 15 is 0 Å². The number of halogens is 1. The number of anilines is 1. The number of hydrogen-bond acceptors (Lipinski definition) is 3. The fourth-order valence-corrected chi connectivity index (χ4v) is 4.46. The number of rotatable bonds is 3. The Morgan fingerprint density at radius 3 is 2.57 bits per heavy atom. The van der Waals surface area contributed by atoms with Gasteiger partial charge in [0.15, 0.2) is 0 Å². The van der Waals surface area contributed by atoms with Crippen LogP contribution >= 0.6 is 15.9 Å². The van der Waals surface area contributed by atoms with E-state index in [1.807, 2.05) is 6.07 Å². The smallest absolute Gasteiger partial charge is 0.137 e. The van der Waals surface area contributed by atoms with Crippen LogP contribution in [0.25, 0.3) is 0 Å². The standard InChI is InChI=1S/C17H26BrN3/c1-10(13-8-11-5-6-12(13)7-11)19-15-9-14(18)20-16(21-15)17(2,3)4/h9-13H,5-8H2,1-4H3,(H,19,20,21). The predicted octanol–water partition coefficient (Wildman–Crippen LogP) is 4.77. The van der Waals surface area contributed by atoms with Gasteiger partial charge in [0.25, 0.3) is 0 Å². The molecule has 2 saturated carbocycles. The van der Waals surface area contributed by atoms with Gasteiger partial charge < -0.3 is 5.32 Å². The molecule has 4 atom stereocenters. The van der Waals surface area contributed by atoms with Crippen molar-refractivity contribution in [3.8, 4) is 0 Å². The summed E-state index contributed by atoms with van der Waals surface area (Å²) < 4.78 is 0.866. The molecular formula is C17H26BrN3. The van der Waals surface area contributed by atoms with Crippen molar-refractivity contribution in [1.29, 1.82) is 0 Å². The normalized spacial score (nSPS) is 29.7. The van der Waals surface area contributed by atoms with Gasteiger partial charge >= 0.3 is 0 Å². The molecule has 0 aliphatic heterocycles. The van der Waals surface area contributed by atoms with Gasteiger partial charge in [-0.15, -0.1) is 0 Å². The zero-order valence-electron chi connectivity index (χ0n) is 13.5. The molecule has 0 spiro atoms. The Balaban J connectivity index is 1.74. The maximum absolute atomic E-state index is 4.73. The Morgan fingerprint density at radius 1 is 1.24 bits per heavy atom. The number of nitrogens with zero attached hydrogens (tertiary/aromatic N) is 2. The van der Waals surface area contributed by atoms with E-state index in [1.54, 1.807) is 0 Å². The van der Waals surface area contributed by atoms with Crippen molar-refractivity contribution >= 4 is 21.7 Å². The lowest BCUT2D eigenvalue weighted by molar-refractivity contribution is 0.304. The molecule has 116 valence electrons. The van der Waals surface area contributed by atoms with Crippen molar-refractivity contribution in [1.82, 2.24) is 9.97 Å². The lowest BCUT2D eigenvalue weighted by Crippen LogP contribution is -2.30. The monoisotopic (exact) mass is 351 g/mol. The van der Waals surface area contributed by atoms with E-state index in [1.165, 1.54) is 25.7 Å². The topological polar surface area (TPSA) is 37.8 Å². The van der Waals surface area contributed by atoms with E-state index in [2.05, 4.69) is 53.9 Å². The van der Waals surface area contributed by atoms with E-state index < -0.39 is 0 Å². The van der Waals surface area contributed by atoms with E-state index in [4.69, 9.17) is 4.98 Å². The number of fused-ring (bicyclic) bond motifs is 2. The van der Waals surface area contributed by atoms with Crippen LogP contribution in [-0.4, -0.2) is 16.0 Å². The third-order valence-electron chi connectivity index (χ3n) is 5.18. The summed E-state index contributed by atoms with van der Waals surface area (Å²) >= 11 is 3.52. The van der Waals surface area contributed by atoms with Gasteiger partial charge in [0.1, 0.15) is 16.2 Å². The van der Waals surface area contributed by atoms with Crippen LogP contribution in [0.4, 0.5) is 5.82 Å². The van der Waals surface area contributed by atoms with Crippen molar-refractivity contribution in [2.24, 2.45) is 17.8 Å². The molecule has 2 fully saturated rings. The first-order chi connectivity index (χ1) is 9.83. The van der Waals surface area contributed by atoms with Gasteiger partial charge in [-0.05, 0) is 59.9 Å². The van der Waals surface area contributed by atoms with Crippen LogP contribution in [0.1, 0.15) is 59.2 Å². The average molecular weight is 352 g/mol. The third kappa shape index (κ3) is 3.25. The molecule has 2 aliphatic rings. The number of nitrogens with one attached hydrogen (secondary N) is 1. The molecular weight excluding hydrogens is 326 g/mol. The summed E-state index contributed by atoms with van der Waals surface area (Å²) in [4.78, 5) is 9.24. The van der Waals surface area contributed by atoms with Crippen molar-refractivity contribution in [3.63, 3.8) is 0 Å². The van der Waals surface area contributed by atoms with Crippen molar-refractivity contribution in [2.45, 2.75) is 64.8 Å². The minimum atomic E-state index is -0.0319. The lowest BCUT2D eigenvalue weighted by Gasteiger charge is -2.29. The summed E-state index contributed by atoms with van der Waals surface area (Å²) in [6.07, 6.45) is 5.75. The third-order valence-corrected chi connectivity index (χ3v) is 5.58. The Bertz CT molecular complexity index is 523. The molecule has 0 saturated heterocycles. The highest BCUT2D eigenvalue weighted by molar-refractivity contribution is 9.10. The first kappa shape index (κ1) is 15.3. The Hall–Kier alpha value is -0.640. The van der Waals surface area contributed by atoms with Gasteiger partial charge in [-0.2, -0.15) is 0 Å². The fourth-order valence-electron chi connectivity index (χ4n) is 4.07. The molecule has 0 amide bonds. The molecule has 3 rings (SSSR count). The summed E-state index contributed by atoms with van der Waals surface area (Å²) in [5, 5.41) is 3.64. The summed E-state index contributed by atoms with van der Waals surface area (Å²) in [5.41, 5.74) is -0.0319. The van der Waals surface area contributed by atoms with Crippen LogP contribution in [0, 0.1) is 17.8 Å². The molecule has 1 aromatic heterocycles. The first-order valence-electron chi connectivity index (χ1n) is 8.14. The van der Waals surface area contributed by atoms with E-state index in [0.29, 0.717) is 6.04 Å². The maximum Gasteiger partial charge on any atom is 0.137 e. The Kier molecular flexibility index (Phi) is 4.02. The van der Waals surface area contributed by atoms with Crippen molar-refractivity contribution in [3.05, 3.63) is 16.5 Å². The summed E-state index contributed by atoms with van der Waals surface area (Å²) in [6, 6.07) is 2.49. The molecule has 4 unspecified atom stereocenters. The zero-order valence-corrected chi connectivity index (χ0v) is 15.1. The first-order valence-corrected chi connectivity index (χ1v) is 8.94. The van der Waals surface area contributed by atoms with Gasteiger partial charge in [-0.3, -0.25) is 0 Å². The summed E-state index contributed by atoms with van der Waals surface area (Å²) in [6.45, 7) is 8.77. The minimum absolute atomic E-state index is 0.0319. The molecule has 0 radical (unpaired) electrons. The highest BCUT2D eigenvalue weighted by Gasteiger charge is 2.41. The van der Waals surface area contributed by atoms with E-state index in [0.717, 1.165) is 34.0 Å². The molecule has 4 heteroatoms. The van der Waals surface area contributed by atoms with Crippen LogP contribution in [0.15, 0.2) is 10.7 Å². The molecule has 0 aromatic carbocycles. The van der Waals surface area contributed by atoms with Gasteiger partial charge in [-0.1, -0.05) is 27.2 Å². The van der Waals surface area contributed by atoms with Gasteiger partial charge in [-0.25, -0.2) is 9.97 Å². The highest BCUT2D eigenvalue weighted by Crippen LogP contribution is 2.49. The number of hydrogen-bond donors (Lipinski definition) is 1. The fraction of sp³-hybridized carbons (Fsp3) is 0.765. The van der Waals surface area contributed by atoms with Gasteiger partial charge in [0, 0.05) is 17.5 Å². The lowest BCUT2D eigenvalue weighted by atomic mass is 9.84. The average Bonchev–Trinajstić information content (AvgIpc) is 2.99.